The average molecular weight is 565 g/mol. The molecule has 9 nitrogen and oxygen atoms in total. The van der Waals surface area contributed by atoms with Crippen LogP contribution in [0.25, 0.3) is 0 Å². The Bertz CT molecular complexity index is 1100. The molecule has 41 heavy (non-hydrogen) atoms. The van der Waals surface area contributed by atoms with E-state index in [1.165, 1.54) is 24.9 Å². The van der Waals surface area contributed by atoms with E-state index in [9.17, 15) is 4.79 Å². The lowest BCUT2D eigenvalue weighted by Gasteiger charge is -2.55. The number of carbonyl (C=O) groups excluding carboxylic acids is 1. The van der Waals surface area contributed by atoms with Crippen molar-refractivity contribution in [2.24, 2.45) is 5.41 Å². The van der Waals surface area contributed by atoms with Gasteiger partial charge < -0.3 is 25.3 Å². The van der Waals surface area contributed by atoms with E-state index in [-0.39, 0.29) is 17.5 Å². The van der Waals surface area contributed by atoms with Gasteiger partial charge in [-0.15, -0.1) is 13.2 Å². The standard InChI is InChI=1S/C26H36N8O.2C2H6.C2H4/c1-31-12-14-33(15-13-31)21-6-4-20(5-7-21)29-24-28-16-19-17-34(25(35)32(2)23(19)30-24)22-8-11-27-18-26(22)9-3-10-26;3*1-2/h4-7,16,22,27H,3,8-15,17-18H2,1-2H3,(H,28,29,30);2*1-2H3;1-2H2. The maximum atomic E-state index is 13.4. The molecule has 1 unspecified atom stereocenters. The minimum absolute atomic E-state index is 0.0526. The molecule has 2 amide bonds. The summed E-state index contributed by atoms with van der Waals surface area (Å²) in [4.78, 5) is 31.3. The zero-order valence-electron chi connectivity index (χ0n) is 26.2. The molecule has 2 aromatic rings. The second kappa shape index (κ2) is 15.2. The number of hydrogen-bond donors (Lipinski definition) is 2. The molecule has 1 aromatic heterocycles. The summed E-state index contributed by atoms with van der Waals surface area (Å²) < 4.78 is 0. The van der Waals surface area contributed by atoms with Crippen LogP contribution in [0.3, 0.4) is 0 Å². The Morgan fingerprint density at radius 2 is 1.66 bits per heavy atom. The quantitative estimate of drug-likeness (QED) is 0.459. The number of benzene rings is 1. The van der Waals surface area contributed by atoms with Crippen molar-refractivity contribution in [3.05, 3.63) is 49.2 Å². The Kier molecular flexibility index (Phi) is 12.0. The highest BCUT2D eigenvalue weighted by atomic mass is 16.2. The highest BCUT2D eigenvalue weighted by Gasteiger charge is 2.50. The molecule has 3 fully saturated rings. The number of urea groups is 1. The van der Waals surface area contributed by atoms with Crippen molar-refractivity contribution in [1.29, 1.82) is 0 Å². The Hall–Kier alpha value is -3.17. The van der Waals surface area contributed by atoms with Gasteiger partial charge in [0.15, 0.2) is 0 Å². The van der Waals surface area contributed by atoms with E-state index in [4.69, 9.17) is 4.98 Å². The summed E-state index contributed by atoms with van der Waals surface area (Å²) in [6, 6.07) is 8.78. The zero-order chi connectivity index (χ0) is 30.0. The van der Waals surface area contributed by atoms with Gasteiger partial charge in [-0.3, -0.25) is 4.90 Å². The summed E-state index contributed by atoms with van der Waals surface area (Å²) in [6.45, 7) is 20.9. The molecule has 226 valence electrons. The second-order valence-corrected chi connectivity index (χ2v) is 10.7. The van der Waals surface area contributed by atoms with Crippen molar-refractivity contribution in [3.63, 3.8) is 0 Å². The average Bonchev–Trinajstić information content (AvgIpc) is 3.02. The van der Waals surface area contributed by atoms with Gasteiger partial charge in [0, 0.05) is 74.4 Å². The highest BCUT2D eigenvalue weighted by molar-refractivity contribution is 5.93. The highest BCUT2D eigenvalue weighted by Crippen LogP contribution is 2.49. The van der Waals surface area contributed by atoms with Gasteiger partial charge in [-0.1, -0.05) is 34.1 Å². The lowest BCUT2D eigenvalue weighted by Crippen LogP contribution is -2.63. The second-order valence-electron chi connectivity index (χ2n) is 10.7. The Morgan fingerprint density at radius 1 is 1.00 bits per heavy atom. The van der Waals surface area contributed by atoms with Crippen LogP contribution in [-0.4, -0.2) is 85.2 Å². The van der Waals surface area contributed by atoms with Crippen molar-refractivity contribution in [2.75, 3.05) is 68.5 Å². The molecule has 1 atom stereocenters. The summed E-state index contributed by atoms with van der Waals surface area (Å²) >= 11 is 0. The molecule has 4 aliphatic rings. The maximum Gasteiger partial charge on any atom is 0.325 e. The normalized spacial score (nSPS) is 21.2. The van der Waals surface area contributed by atoms with Crippen LogP contribution in [0.15, 0.2) is 43.6 Å². The Balaban J connectivity index is 0.000000725. The number of carbonyl (C=O) groups is 1. The van der Waals surface area contributed by atoms with Gasteiger partial charge >= 0.3 is 6.03 Å². The number of anilines is 4. The lowest BCUT2D eigenvalue weighted by molar-refractivity contribution is -0.00793. The van der Waals surface area contributed by atoms with Crippen LogP contribution in [0.2, 0.25) is 0 Å². The number of aromatic nitrogens is 2. The van der Waals surface area contributed by atoms with Crippen LogP contribution in [0.1, 0.15) is 58.9 Å². The van der Waals surface area contributed by atoms with E-state index >= 15 is 0 Å². The SMILES string of the molecule is C=C.CC.CC.CN1CCN(c2ccc(Nc3ncc4c(n3)N(C)C(=O)N(C3CCNCC35CCC5)C4)cc2)CC1. The van der Waals surface area contributed by atoms with Gasteiger partial charge in [-0.05, 0) is 57.1 Å². The largest absolute Gasteiger partial charge is 0.369 e. The van der Waals surface area contributed by atoms with E-state index < -0.39 is 0 Å². The van der Waals surface area contributed by atoms with Crippen LogP contribution in [-0.2, 0) is 6.54 Å². The van der Waals surface area contributed by atoms with Gasteiger partial charge in [-0.2, -0.15) is 4.98 Å². The van der Waals surface area contributed by atoms with Crippen molar-refractivity contribution >= 4 is 29.2 Å². The summed E-state index contributed by atoms with van der Waals surface area (Å²) in [5.41, 5.74) is 3.43. The topological polar surface area (TPSA) is 79.9 Å². The molecule has 1 aromatic carbocycles. The van der Waals surface area contributed by atoms with Gasteiger partial charge in [0.25, 0.3) is 0 Å². The first-order valence-corrected chi connectivity index (χ1v) is 15.4. The molecule has 3 aliphatic heterocycles. The molecule has 6 rings (SSSR count). The number of hydrogen-bond acceptors (Lipinski definition) is 7. The van der Waals surface area contributed by atoms with Crippen LogP contribution in [0.5, 0.6) is 0 Å². The molecule has 2 N–H and O–H groups in total. The number of fused-ring (bicyclic) bond motifs is 1. The predicted octanol–water partition coefficient (Wildman–Crippen LogP) is 5.73. The fourth-order valence-corrected chi connectivity index (χ4v) is 6.21. The smallest absolute Gasteiger partial charge is 0.325 e. The summed E-state index contributed by atoms with van der Waals surface area (Å²) in [7, 11) is 4.01. The number of nitrogens with zero attached hydrogens (tertiary/aromatic N) is 6. The van der Waals surface area contributed by atoms with Crippen LogP contribution < -0.4 is 20.4 Å². The molecular formula is C32H52N8O. The molecule has 1 spiro atoms. The van der Waals surface area contributed by atoms with Gasteiger partial charge in [0.05, 0.1) is 6.54 Å². The molecule has 0 radical (unpaired) electrons. The fraction of sp³-hybridized carbons (Fsp3) is 0.594. The number of likely N-dealkylation sites (N-methyl/N-ethyl adjacent to an activating group) is 1. The van der Waals surface area contributed by atoms with Gasteiger partial charge in [0.1, 0.15) is 5.82 Å². The Labute approximate surface area is 248 Å². The molecule has 4 heterocycles. The molecule has 2 saturated heterocycles. The molecule has 9 heteroatoms. The summed E-state index contributed by atoms with van der Waals surface area (Å²) in [5, 5.41) is 6.88. The first kappa shape index (κ1) is 32.3. The predicted molar refractivity (Wildman–Crippen MR) is 172 cm³/mol. The monoisotopic (exact) mass is 564 g/mol. The Morgan fingerprint density at radius 3 is 2.27 bits per heavy atom. The van der Waals surface area contributed by atoms with Gasteiger partial charge in [0.2, 0.25) is 5.95 Å². The van der Waals surface area contributed by atoms with E-state index in [1.54, 1.807) is 4.90 Å². The third kappa shape index (κ3) is 7.01. The van der Waals surface area contributed by atoms with E-state index in [2.05, 4.69) is 74.8 Å². The minimum atomic E-state index is 0.0526. The zero-order valence-corrected chi connectivity index (χ0v) is 26.2. The lowest BCUT2D eigenvalue weighted by atomic mass is 9.61. The number of piperazine rings is 1. The van der Waals surface area contributed by atoms with Crippen LogP contribution in [0, 0.1) is 5.41 Å². The van der Waals surface area contributed by atoms with Gasteiger partial charge in [-0.25, -0.2) is 9.78 Å². The van der Waals surface area contributed by atoms with Crippen molar-refractivity contribution in [3.8, 4) is 0 Å². The first-order valence-electron chi connectivity index (χ1n) is 15.4. The van der Waals surface area contributed by atoms with Crippen molar-refractivity contribution in [2.45, 2.75) is 66.0 Å². The maximum absolute atomic E-state index is 13.4. The fourth-order valence-electron chi connectivity index (χ4n) is 6.21. The molecule has 1 aliphatic carbocycles. The van der Waals surface area contributed by atoms with Crippen LogP contribution in [0.4, 0.5) is 27.9 Å². The van der Waals surface area contributed by atoms with Crippen molar-refractivity contribution < 1.29 is 4.79 Å². The first-order chi connectivity index (χ1) is 20.0. The summed E-state index contributed by atoms with van der Waals surface area (Å²) in [5.74, 6) is 1.22. The minimum Gasteiger partial charge on any atom is -0.369 e. The van der Waals surface area contributed by atoms with E-state index in [0.29, 0.717) is 18.3 Å². The van der Waals surface area contributed by atoms with E-state index in [0.717, 1.165) is 56.9 Å². The number of rotatable bonds is 4. The number of amides is 2. The van der Waals surface area contributed by atoms with Crippen LogP contribution >= 0.6 is 0 Å². The van der Waals surface area contributed by atoms with Crippen molar-refractivity contribution in [1.82, 2.24) is 25.1 Å². The number of nitrogens with one attached hydrogen (secondary N) is 2. The molecule has 1 saturated carbocycles. The van der Waals surface area contributed by atoms with E-state index in [1.807, 2.05) is 40.9 Å². The third-order valence-corrected chi connectivity index (χ3v) is 8.53. The molecule has 0 bridgehead atoms. The third-order valence-electron chi connectivity index (χ3n) is 8.53. The summed E-state index contributed by atoms with van der Waals surface area (Å²) in [6.07, 6.45) is 6.57. The number of piperidine rings is 1. The molecular weight excluding hydrogens is 512 g/mol.